The third kappa shape index (κ3) is 4.49. The van der Waals surface area contributed by atoms with Crippen LogP contribution in [-0.2, 0) is 11.8 Å². The number of halogens is 1. The highest BCUT2D eigenvalue weighted by atomic mass is 35.5. The lowest BCUT2D eigenvalue weighted by Crippen LogP contribution is -2.31. The van der Waals surface area contributed by atoms with E-state index in [0.717, 1.165) is 27.7 Å². The van der Waals surface area contributed by atoms with E-state index in [1.54, 1.807) is 18.0 Å². The van der Waals surface area contributed by atoms with Gasteiger partial charge in [0.2, 0.25) is 5.91 Å². The molecule has 4 rings (SSSR count). The highest BCUT2D eigenvalue weighted by Gasteiger charge is 2.43. The maximum absolute atomic E-state index is 12.2. The van der Waals surface area contributed by atoms with Crippen molar-refractivity contribution in [3.8, 4) is 11.3 Å². The predicted molar refractivity (Wildman–Crippen MR) is 116 cm³/mol. The van der Waals surface area contributed by atoms with Gasteiger partial charge in [0.15, 0.2) is 0 Å². The van der Waals surface area contributed by atoms with Crippen LogP contribution in [0.2, 0.25) is 5.02 Å². The van der Waals surface area contributed by atoms with E-state index < -0.39 is 0 Å². The summed E-state index contributed by atoms with van der Waals surface area (Å²) in [6, 6.07) is 12.3. The molecule has 0 radical (unpaired) electrons. The normalized spacial score (nSPS) is 18.1. The molecule has 1 saturated carbocycles. The second kappa shape index (κ2) is 8.20. The zero-order chi connectivity index (χ0) is 20.5. The molecular formula is C22H23ClN4OS. The van der Waals surface area contributed by atoms with Gasteiger partial charge in [-0.2, -0.15) is 0 Å². The predicted octanol–water partition coefficient (Wildman–Crippen LogP) is 4.91. The van der Waals surface area contributed by atoms with Gasteiger partial charge < -0.3 is 9.88 Å². The molecule has 1 aliphatic rings. The summed E-state index contributed by atoms with van der Waals surface area (Å²) in [7, 11) is 1.98. The van der Waals surface area contributed by atoms with E-state index in [9.17, 15) is 4.79 Å². The first kappa shape index (κ1) is 20.0. The van der Waals surface area contributed by atoms with Crippen molar-refractivity contribution in [1.82, 2.24) is 19.9 Å². The number of hydrogen-bond acceptors (Lipinski definition) is 4. The summed E-state index contributed by atoms with van der Waals surface area (Å²) in [6.45, 7) is 3.98. The van der Waals surface area contributed by atoms with Crippen molar-refractivity contribution < 1.29 is 4.79 Å². The number of nitrogens with zero attached hydrogens (tertiary/aromatic N) is 3. The monoisotopic (exact) mass is 426 g/mol. The van der Waals surface area contributed by atoms with Crippen molar-refractivity contribution in [3.63, 3.8) is 0 Å². The Bertz CT molecular complexity index is 1010. The second-order valence-electron chi connectivity index (χ2n) is 7.66. The van der Waals surface area contributed by atoms with Crippen LogP contribution in [0.25, 0.3) is 11.3 Å². The molecule has 0 aliphatic heterocycles. The highest BCUT2D eigenvalue weighted by molar-refractivity contribution is 7.99. The van der Waals surface area contributed by atoms with Gasteiger partial charge in [-0.1, -0.05) is 35.9 Å². The summed E-state index contributed by atoms with van der Waals surface area (Å²) < 4.78 is 2.00. The molecule has 1 amide bonds. The van der Waals surface area contributed by atoms with Crippen molar-refractivity contribution in [2.75, 3.05) is 0 Å². The van der Waals surface area contributed by atoms with E-state index >= 15 is 0 Å². The van der Waals surface area contributed by atoms with Gasteiger partial charge in [0, 0.05) is 30.8 Å². The number of imidazole rings is 1. The third-order valence-electron chi connectivity index (χ3n) is 4.95. The summed E-state index contributed by atoms with van der Waals surface area (Å²) in [5.74, 6) is 0.576. The van der Waals surface area contributed by atoms with Crippen LogP contribution in [-0.4, -0.2) is 26.5 Å². The van der Waals surface area contributed by atoms with E-state index in [1.165, 1.54) is 5.56 Å². The molecule has 1 aromatic carbocycles. The molecule has 1 fully saturated rings. The minimum Gasteiger partial charge on any atom is -0.354 e. The Kier molecular flexibility index (Phi) is 5.65. The summed E-state index contributed by atoms with van der Waals surface area (Å²) in [4.78, 5) is 21.2. The third-order valence-corrected chi connectivity index (χ3v) is 6.30. The van der Waals surface area contributed by atoms with E-state index in [4.69, 9.17) is 11.6 Å². The Labute approximate surface area is 179 Å². The molecule has 1 aliphatic carbocycles. The number of hydrogen-bond donors (Lipinski definition) is 1. The number of aromatic nitrogens is 3. The standard InChI is InChI=1S/C22H23ClN4OS/c1-13(2)26-21(28)18-10-17(18)14-4-6-15(7-5-14)20-22(27(3)12-25-20)29-19-9-8-16(23)11-24-19/h4-9,11-13,17-18H,10H2,1-3H3,(H,26,28). The Morgan fingerprint density at radius 3 is 2.62 bits per heavy atom. The topological polar surface area (TPSA) is 59.8 Å². The van der Waals surface area contributed by atoms with E-state index in [-0.39, 0.29) is 17.9 Å². The quantitative estimate of drug-likeness (QED) is 0.608. The summed E-state index contributed by atoms with van der Waals surface area (Å²) >= 11 is 7.50. The van der Waals surface area contributed by atoms with Crippen molar-refractivity contribution in [3.05, 3.63) is 59.5 Å². The zero-order valence-electron chi connectivity index (χ0n) is 16.6. The van der Waals surface area contributed by atoms with Gasteiger partial charge in [-0.25, -0.2) is 9.97 Å². The van der Waals surface area contributed by atoms with Gasteiger partial charge in [-0.15, -0.1) is 0 Å². The fraction of sp³-hybridized carbons (Fsp3) is 0.318. The number of rotatable bonds is 6. The van der Waals surface area contributed by atoms with Crippen LogP contribution in [0.3, 0.4) is 0 Å². The number of carbonyl (C=O) groups excluding carboxylic acids is 1. The fourth-order valence-corrected chi connectivity index (χ4v) is 4.40. The Morgan fingerprint density at radius 1 is 1.21 bits per heavy atom. The largest absolute Gasteiger partial charge is 0.354 e. The van der Waals surface area contributed by atoms with E-state index in [1.807, 2.05) is 43.9 Å². The van der Waals surface area contributed by atoms with E-state index in [2.05, 4.69) is 39.6 Å². The van der Waals surface area contributed by atoms with Crippen LogP contribution in [0.15, 0.2) is 59.0 Å². The zero-order valence-corrected chi connectivity index (χ0v) is 18.2. The van der Waals surface area contributed by atoms with Gasteiger partial charge >= 0.3 is 0 Å². The maximum atomic E-state index is 12.2. The van der Waals surface area contributed by atoms with Crippen molar-refractivity contribution in [2.24, 2.45) is 13.0 Å². The van der Waals surface area contributed by atoms with Crippen molar-refractivity contribution in [1.29, 1.82) is 0 Å². The van der Waals surface area contributed by atoms with Crippen LogP contribution in [0.5, 0.6) is 0 Å². The number of pyridine rings is 1. The molecule has 2 aromatic heterocycles. The molecule has 0 bridgehead atoms. The van der Waals surface area contributed by atoms with Crippen LogP contribution >= 0.6 is 23.4 Å². The SMILES string of the molecule is CC(C)NC(=O)C1CC1c1ccc(-c2ncn(C)c2Sc2ccc(Cl)cn2)cc1. The number of aryl methyl sites for hydroxylation is 1. The summed E-state index contributed by atoms with van der Waals surface area (Å²) in [5, 5.41) is 5.52. The molecule has 29 heavy (non-hydrogen) atoms. The number of nitrogens with one attached hydrogen (secondary N) is 1. The average molecular weight is 427 g/mol. The smallest absolute Gasteiger partial charge is 0.223 e. The lowest BCUT2D eigenvalue weighted by molar-refractivity contribution is -0.122. The lowest BCUT2D eigenvalue weighted by atomic mass is 10.0. The molecule has 3 aromatic rings. The van der Waals surface area contributed by atoms with Crippen LogP contribution in [0.4, 0.5) is 0 Å². The van der Waals surface area contributed by atoms with E-state index in [0.29, 0.717) is 10.9 Å². The highest BCUT2D eigenvalue weighted by Crippen LogP contribution is 2.48. The first-order valence-electron chi connectivity index (χ1n) is 9.64. The summed E-state index contributed by atoms with van der Waals surface area (Å²) in [6.07, 6.45) is 4.38. The van der Waals surface area contributed by atoms with Gasteiger partial charge in [0.1, 0.15) is 15.7 Å². The minimum atomic E-state index is 0.0974. The molecule has 2 unspecified atom stereocenters. The molecule has 0 spiro atoms. The molecule has 2 atom stereocenters. The Morgan fingerprint density at radius 2 is 1.97 bits per heavy atom. The van der Waals surface area contributed by atoms with Crippen LogP contribution in [0.1, 0.15) is 31.7 Å². The maximum Gasteiger partial charge on any atom is 0.223 e. The van der Waals surface area contributed by atoms with Gasteiger partial charge in [-0.05, 0) is 55.6 Å². The molecular weight excluding hydrogens is 404 g/mol. The van der Waals surface area contributed by atoms with Gasteiger partial charge in [0.05, 0.1) is 11.3 Å². The molecule has 5 nitrogen and oxygen atoms in total. The molecule has 150 valence electrons. The first-order chi connectivity index (χ1) is 13.9. The van der Waals surface area contributed by atoms with Gasteiger partial charge in [-0.3, -0.25) is 4.79 Å². The molecule has 0 saturated heterocycles. The molecule has 2 heterocycles. The number of benzene rings is 1. The van der Waals surface area contributed by atoms with Crippen LogP contribution in [0, 0.1) is 5.92 Å². The number of carbonyl (C=O) groups is 1. The fourth-order valence-electron chi connectivity index (χ4n) is 3.39. The van der Waals surface area contributed by atoms with Crippen molar-refractivity contribution >= 4 is 29.3 Å². The lowest BCUT2D eigenvalue weighted by Gasteiger charge is -2.08. The molecule has 1 N–H and O–H groups in total. The molecule has 7 heteroatoms. The first-order valence-corrected chi connectivity index (χ1v) is 10.8. The minimum absolute atomic E-state index is 0.0974. The second-order valence-corrected chi connectivity index (χ2v) is 9.11. The average Bonchev–Trinajstić information content (AvgIpc) is 3.42. The van der Waals surface area contributed by atoms with Gasteiger partial charge in [0.25, 0.3) is 0 Å². The Balaban J connectivity index is 1.50. The van der Waals surface area contributed by atoms with Crippen LogP contribution < -0.4 is 5.32 Å². The van der Waals surface area contributed by atoms with Crippen molar-refractivity contribution in [2.45, 2.75) is 42.3 Å². The Hall–Kier alpha value is -2.31. The number of amides is 1. The summed E-state index contributed by atoms with van der Waals surface area (Å²) in [5.41, 5.74) is 3.18.